The topological polar surface area (TPSA) is 77.4 Å². The third kappa shape index (κ3) is 5.38. The Kier molecular flexibility index (Phi) is 6.95. The number of carbonyl (C=O) groups excluding carboxylic acids is 1. The van der Waals surface area contributed by atoms with E-state index in [9.17, 15) is 13.2 Å². The molecule has 1 heterocycles. The van der Waals surface area contributed by atoms with Gasteiger partial charge in [0, 0.05) is 42.4 Å². The molecule has 0 atom stereocenters. The van der Waals surface area contributed by atoms with Crippen molar-refractivity contribution >= 4 is 38.2 Å². The van der Waals surface area contributed by atoms with Gasteiger partial charge in [-0.2, -0.15) is 0 Å². The fourth-order valence-corrected chi connectivity index (χ4v) is 4.83. The van der Waals surface area contributed by atoms with E-state index < -0.39 is 9.84 Å². The van der Waals surface area contributed by atoms with Gasteiger partial charge in [-0.15, -0.1) is 0 Å². The molecule has 29 heavy (non-hydrogen) atoms. The number of halogens is 1. The quantitative estimate of drug-likeness (QED) is 0.523. The summed E-state index contributed by atoms with van der Waals surface area (Å²) in [5, 5.41) is 3.98. The Morgan fingerprint density at radius 2 is 1.86 bits per heavy atom. The van der Waals surface area contributed by atoms with Crippen molar-refractivity contribution in [2.75, 3.05) is 20.3 Å². The van der Waals surface area contributed by atoms with Gasteiger partial charge in [-0.05, 0) is 30.2 Å². The van der Waals surface area contributed by atoms with Crippen LogP contribution in [0, 0.1) is 0 Å². The number of sulfone groups is 1. The number of nitrogens with one attached hydrogen (secondary N) is 1. The Bertz CT molecular complexity index is 1090. The summed E-state index contributed by atoms with van der Waals surface area (Å²) < 4.78 is 32.8. The molecule has 0 fully saturated rings. The predicted octanol–water partition coefficient (Wildman–Crippen LogP) is 3.42. The summed E-state index contributed by atoms with van der Waals surface area (Å²) >= 11 is 5.89. The smallest absolute Gasteiger partial charge is 0.239 e. The predicted molar refractivity (Wildman–Crippen MR) is 114 cm³/mol. The number of methoxy groups -OCH3 is 1. The maximum atomic E-state index is 13.1. The molecule has 3 aromatic rings. The number of amides is 1. The van der Waals surface area contributed by atoms with Crippen molar-refractivity contribution < 1.29 is 17.9 Å². The van der Waals surface area contributed by atoms with Crippen LogP contribution in [-0.2, 0) is 31.7 Å². The molecule has 0 saturated heterocycles. The van der Waals surface area contributed by atoms with E-state index in [4.69, 9.17) is 16.3 Å². The largest absolute Gasteiger partial charge is 0.385 e. The van der Waals surface area contributed by atoms with Crippen LogP contribution in [0.5, 0.6) is 0 Å². The van der Waals surface area contributed by atoms with Crippen LogP contribution in [0.25, 0.3) is 10.9 Å². The Morgan fingerprint density at radius 3 is 2.59 bits per heavy atom. The number of aromatic nitrogens is 1. The average molecular weight is 435 g/mol. The lowest BCUT2D eigenvalue weighted by atomic mass is 10.2. The summed E-state index contributed by atoms with van der Waals surface area (Å²) in [6, 6.07) is 13.9. The molecule has 3 rings (SSSR count). The van der Waals surface area contributed by atoms with E-state index in [-0.39, 0.29) is 23.1 Å². The molecule has 154 valence electrons. The van der Waals surface area contributed by atoms with E-state index in [1.807, 2.05) is 12.1 Å². The molecule has 0 radical (unpaired) electrons. The molecule has 1 N–H and O–H groups in total. The van der Waals surface area contributed by atoms with E-state index in [1.54, 1.807) is 54.3 Å². The average Bonchev–Trinajstić information content (AvgIpc) is 3.06. The van der Waals surface area contributed by atoms with Crippen LogP contribution in [0.1, 0.15) is 12.0 Å². The maximum absolute atomic E-state index is 13.1. The molecule has 1 aromatic heterocycles. The number of nitrogens with zero attached hydrogens (tertiary/aromatic N) is 1. The Hall–Kier alpha value is -2.35. The number of carbonyl (C=O) groups is 1. The van der Waals surface area contributed by atoms with E-state index >= 15 is 0 Å². The number of rotatable bonds is 9. The van der Waals surface area contributed by atoms with Gasteiger partial charge in [0.1, 0.15) is 6.54 Å². The number of para-hydroxylation sites is 1. The second kappa shape index (κ2) is 9.43. The van der Waals surface area contributed by atoms with Crippen molar-refractivity contribution in [3.8, 4) is 0 Å². The third-order valence-electron chi connectivity index (χ3n) is 4.52. The lowest BCUT2D eigenvalue weighted by Gasteiger charge is -2.07. The Morgan fingerprint density at radius 1 is 1.14 bits per heavy atom. The third-order valence-corrected chi connectivity index (χ3v) is 6.48. The SMILES string of the molecule is COCCCNC(=O)Cn1cc(S(=O)(=O)Cc2ccc(Cl)cc2)c2ccccc21. The minimum absolute atomic E-state index is 0.0456. The zero-order valence-electron chi connectivity index (χ0n) is 16.1. The lowest BCUT2D eigenvalue weighted by Crippen LogP contribution is -2.28. The highest BCUT2D eigenvalue weighted by Crippen LogP contribution is 2.28. The number of ether oxygens (including phenoxy) is 1. The van der Waals surface area contributed by atoms with Crippen LogP contribution >= 0.6 is 11.6 Å². The second-order valence-electron chi connectivity index (χ2n) is 6.72. The fraction of sp³-hybridized carbons (Fsp3) is 0.286. The van der Waals surface area contributed by atoms with Gasteiger partial charge in [0.25, 0.3) is 0 Å². The minimum Gasteiger partial charge on any atom is -0.385 e. The van der Waals surface area contributed by atoms with E-state index in [2.05, 4.69) is 5.32 Å². The molecule has 0 bridgehead atoms. The summed E-state index contributed by atoms with van der Waals surface area (Å²) in [6.07, 6.45) is 2.26. The van der Waals surface area contributed by atoms with Crippen LogP contribution in [0.3, 0.4) is 0 Å². The Balaban J connectivity index is 1.85. The summed E-state index contributed by atoms with van der Waals surface area (Å²) in [5.41, 5.74) is 1.36. The molecule has 1 amide bonds. The van der Waals surface area contributed by atoms with Crippen LogP contribution in [0.4, 0.5) is 0 Å². The molecular formula is C21H23ClN2O4S. The van der Waals surface area contributed by atoms with Gasteiger partial charge in [0.05, 0.1) is 10.6 Å². The molecule has 0 aliphatic rings. The highest BCUT2D eigenvalue weighted by Gasteiger charge is 2.22. The summed E-state index contributed by atoms with van der Waals surface area (Å²) in [5.74, 6) is -0.315. The van der Waals surface area contributed by atoms with Crippen molar-refractivity contribution in [1.29, 1.82) is 0 Å². The molecule has 0 spiro atoms. The van der Waals surface area contributed by atoms with Gasteiger partial charge in [-0.1, -0.05) is 41.9 Å². The monoisotopic (exact) mass is 434 g/mol. The van der Waals surface area contributed by atoms with E-state index in [0.717, 1.165) is 6.42 Å². The van der Waals surface area contributed by atoms with Crippen molar-refractivity contribution in [2.24, 2.45) is 0 Å². The highest BCUT2D eigenvalue weighted by molar-refractivity contribution is 7.90. The normalized spacial score (nSPS) is 11.7. The number of hydrogen-bond acceptors (Lipinski definition) is 4. The molecular weight excluding hydrogens is 412 g/mol. The summed E-state index contributed by atoms with van der Waals surface area (Å²) in [4.78, 5) is 12.5. The second-order valence-corrected chi connectivity index (χ2v) is 9.11. The van der Waals surface area contributed by atoms with Gasteiger partial charge in [0.15, 0.2) is 9.84 Å². The van der Waals surface area contributed by atoms with Crippen molar-refractivity contribution in [2.45, 2.75) is 23.6 Å². The fourth-order valence-electron chi connectivity index (χ4n) is 3.12. The Labute approximate surface area is 175 Å². The van der Waals surface area contributed by atoms with Crippen LogP contribution in [0.2, 0.25) is 5.02 Å². The molecule has 2 aromatic carbocycles. The maximum Gasteiger partial charge on any atom is 0.239 e. The first-order chi connectivity index (χ1) is 13.9. The van der Waals surface area contributed by atoms with Crippen molar-refractivity contribution in [1.82, 2.24) is 9.88 Å². The van der Waals surface area contributed by atoms with Crippen molar-refractivity contribution in [3.05, 3.63) is 65.3 Å². The van der Waals surface area contributed by atoms with Crippen LogP contribution in [-0.4, -0.2) is 39.2 Å². The summed E-state index contributed by atoms with van der Waals surface area (Å²) in [7, 11) is -1.99. The number of hydrogen-bond donors (Lipinski definition) is 1. The minimum atomic E-state index is -3.60. The standard InChI is InChI=1S/C21H23ClN2O4S/c1-28-12-4-11-23-21(25)14-24-13-20(18-5-2-3-6-19(18)24)29(26,27)15-16-7-9-17(22)10-8-16/h2-3,5-10,13H,4,11-12,14-15H2,1H3,(H,23,25). The molecule has 0 aliphatic carbocycles. The highest BCUT2D eigenvalue weighted by atomic mass is 35.5. The molecule has 6 nitrogen and oxygen atoms in total. The van der Waals surface area contributed by atoms with Gasteiger partial charge in [-0.25, -0.2) is 8.42 Å². The molecule has 0 saturated carbocycles. The zero-order chi connectivity index (χ0) is 20.9. The molecule has 0 unspecified atom stereocenters. The number of benzene rings is 2. The van der Waals surface area contributed by atoms with E-state index in [1.165, 1.54) is 0 Å². The first kappa shape index (κ1) is 21.4. The van der Waals surface area contributed by atoms with E-state index in [0.29, 0.717) is 34.6 Å². The number of fused-ring (bicyclic) bond motifs is 1. The van der Waals surface area contributed by atoms with Crippen LogP contribution in [0.15, 0.2) is 59.6 Å². The first-order valence-electron chi connectivity index (χ1n) is 9.21. The summed E-state index contributed by atoms with van der Waals surface area (Å²) in [6.45, 7) is 1.12. The molecule has 0 aliphatic heterocycles. The van der Waals surface area contributed by atoms with Gasteiger partial charge < -0.3 is 14.6 Å². The van der Waals surface area contributed by atoms with Gasteiger partial charge in [-0.3, -0.25) is 4.79 Å². The van der Waals surface area contributed by atoms with Gasteiger partial charge >= 0.3 is 0 Å². The first-order valence-corrected chi connectivity index (χ1v) is 11.2. The zero-order valence-corrected chi connectivity index (χ0v) is 17.7. The van der Waals surface area contributed by atoms with Gasteiger partial charge in [0.2, 0.25) is 5.91 Å². The molecule has 8 heteroatoms. The van der Waals surface area contributed by atoms with Crippen LogP contribution < -0.4 is 5.32 Å². The van der Waals surface area contributed by atoms with Crippen molar-refractivity contribution in [3.63, 3.8) is 0 Å². The lowest BCUT2D eigenvalue weighted by molar-refractivity contribution is -0.121.